The largest absolute Gasteiger partial charge is 0.389 e. The number of hydrogen-bond acceptors (Lipinski definition) is 5. The molecule has 0 N–H and O–H groups in total. The van der Waals surface area contributed by atoms with Gasteiger partial charge in [-0.3, -0.25) is 0 Å². The van der Waals surface area contributed by atoms with Crippen molar-refractivity contribution in [2.45, 2.75) is 36.4 Å². The van der Waals surface area contributed by atoms with E-state index in [9.17, 15) is 13.2 Å². The fourth-order valence-electron chi connectivity index (χ4n) is 3.10. The first-order chi connectivity index (χ1) is 9.53. The van der Waals surface area contributed by atoms with Crippen LogP contribution in [-0.4, -0.2) is 45.2 Å². The molecule has 0 radical (unpaired) electrons. The molecule has 2 fully saturated rings. The van der Waals surface area contributed by atoms with Crippen molar-refractivity contribution >= 4 is 23.5 Å². The molecule has 3 heterocycles. The third kappa shape index (κ3) is 3.28. The lowest BCUT2D eigenvalue weighted by molar-refractivity contribution is -0.129. The van der Waals surface area contributed by atoms with Crippen molar-refractivity contribution in [3.05, 3.63) is 5.69 Å². The van der Waals surface area contributed by atoms with Crippen molar-refractivity contribution in [2.75, 3.05) is 25.4 Å². The zero-order valence-electron chi connectivity index (χ0n) is 10.9. The van der Waals surface area contributed by atoms with Crippen LogP contribution in [0.4, 0.5) is 13.2 Å². The summed E-state index contributed by atoms with van der Waals surface area (Å²) in [4.78, 5) is 2.43. The van der Waals surface area contributed by atoms with Crippen molar-refractivity contribution < 1.29 is 13.2 Å². The minimum absolute atomic E-state index is 0.0308. The molecule has 3 atom stereocenters. The Morgan fingerprint density at radius 2 is 2.15 bits per heavy atom. The van der Waals surface area contributed by atoms with Gasteiger partial charge in [0.05, 0.1) is 23.8 Å². The van der Waals surface area contributed by atoms with E-state index in [1.54, 1.807) is 0 Å². The Labute approximate surface area is 124 Å². The van der Waals surface area contributed by atoms with Crippen LogP contribution in [0.25, 0.3) is 0 Å². The third-order valence-corrected chi connectivity index (χ3v) is 5.66. The van der Waals surface area contributed by atoms with Gasteiger partial charge in [-0.1, -0.05) is 0 Å². The average molecular weight is 323 g/mol. The van der Waals surface area contributed by atoms with Crippen LogP contribution >= 0.6 is 23.5 Å². The van der Waals surface area contributed by atoms with Gasteiger partial charge in [0.2, 0.25) is 0 Å². The number of halogens is 3. The molecule has 0 aromatic carbocycles. The highest BCUT2D eigenvalue weighted by molar-refractivity contribution is 7.99. The molecule has 3 nitrogen and oxygen atoms in total. The highest BCUT2D eigenvalue weighted by atomic mass is 32.2. The Morgan fingerprint density at radius 3 is 2.90 bits per heavy atom. The molecule has 3 unspecified atom stereocenters. The molecule has 8 heteroatoms. The van der Waals surface area contributed by atoms with Gasteiger partial charge >= 0.3 is 6.18 Å². The molecule has 0 aliphatic carbocycles. The zero-order valence-corrected chi connectivity index (χ0v) is 12.5. The topological polar surface area (TPSA) is 29.0 Å². The van der Waals surface area contributed by atoms with Gasteiger partial charge in [0, 0.05) is 24.8 Å². The van der Waals surface area contributed by atoms with Gasteiger partial charge in [0.15, 0.2) is 0 Å². The van der Waals surface area contributed by atoms with E-state index in [2.05, 4.69) is 13.6 Å². The predicted molar refractivity (Wildman–Crippen MR) is 73.2 cm³/mol. The first-order valence-electron chi connectivity index (χ1n) is 6.77. The first-order valence-corrected chi connectivity index (χ1v) is 8.49. The number of alkyl halides is 3. The Balaban J connectivity index is 1.65. The van der Waals surface area contributed by atoms with Crippen molar-refractivity contribution in [3.63, 3.8) is 0 Å². The van der Waals surface area contributed by atoms with E-state index < -0.39 is 12.6 Å². The molecule has 2 saturated heterocycles. The molecule has 1 aromatic heterocycles. The molecule has 0 spiro atoms. The van der Waals surface area contributed by atoms with Gasteiger partial charge in [0.25, 0.3) is 0 Å². The summed E-state index contributed by atoms with van der Waals surface area (Å²) in [5.41, 5.74) is 0.941. The summed E-state index contributed by atoms with van der Waals surface area (Å²) in [6, 6.07) is 0. The predicted octanol–water partition coefficient (Wildman–Crippen LogP) is 3.39. The van der Waals surface area contributed by atoms with E-state index in [1.807, 2.05) is 0 Å². The monoisotopic (exact) mass is 323 g/mol. The normalized spacial score (nSPS) is 29.9. The second-order valence-corrected chi connectivity index (χ2v) is 7.05. The quantitative estimate of drug-likeness (QED) is 0.794. The highest BCUT2D eigenvalue weighted by Gasteiger charge is 2.39. The molecular weight excluding hydrogens is 307 g/mol. The van der Waals surface area contributed by atoms with Crippen molar-refractivity contribution in [2.24, 2.45) is 5.92 Å². The summed E-state index contributed by atoms with van der Waals surface area (Å²) >= 11 is 2.32. The molecule has 3 rings (SSSR count). The van der Waals surface area contributed by atoms with Crippen LogP contribution in [-0.2, 0) is 0 Å². The molecule has 1 aromatic rings. The van der Waals surface area contributed by atoms with E-state index >= 15 is 0 Å². The van der Waals surface area contributed by atoms with Crippen LogP contribution < -0.4 is 0 Å². The minimum Gasteiger partial charge on any atom is -0.302 e. The molecule has 0 saturated carbocycles. The molecule has 2 aliphatic heterocycles. The summed E-state index contributed by atoms with van der Waals surface area (Å²) < 4.78 is 45.2. The number of hydrogen-bond donors (Lipinski definition) is 0. The second-order valence-electron chi connectivity index (χ2n) is 5.44. The number of nitrogens with zero attached hydrogens (tertiary/aromatic N) is 3. The van der Waals surface area contributed by atoms with Crippen molar-refractivity contribution in [1.82, 2.24) is 13.6 Å². The fourth-order valence-corrected chi connectivity index (χ4v) is 4.86. The first kappa shape index (κ1) is 14.6. The summed E-state index contributed by atoms with van der Waals surface area (Å²) in [5.74, 6) is 1.00. The van der Waals surface area contributed by atoms with Crippen molar-refractivity contribution in [1.29, 1.82) is 0 Å². The Kier molecular flexibility index (Phi) is 4.24. The summed E-state index contributed by atoms with van der Waals surface area (Å²) in [7, 11) is 0. The lowest BCUT2D eigenvalue weighted by Crippen LogP contribution is -2.25. The van der Waals surface area contributed by atoms with Gasteiger partial charge in [0.1, 0.15) is 5.03 Å². The fraction of sp³-hybridized carbons (Fsp3) is 0.833. The van der Waals surface area contributed by atoms with Crippen LogP contribution in [0.1, 0.15) is 30.9 Å². The Bertz CT molecular complexity index is 463. The smallest absolute Gasteiger partial charge is 0.302 e. The van der Waals surface area contributed by atoms with E-state index in [4.69, 9.17) is 0 Å². The second kappa shape index (κ2) is 5.81. The number of thioether (sulfide) groups is 1. The van der Waals surface area contributed by atoms with E-state index in [0.29, 0.717) is 11.8 Å². The Hall–Kier alpha value is -0.340. The standard InChI is InChI=1S/C12H16F3N3S2/c13-12(14,15)3-5-19-11-10(16-20-17-11)9-7-18-4-1-2-8(9)6-18/h8-9H,1-7H2. The van der Waals surface area contributed by atoms with Gasteiger partial charge in [-0.15, -0.1) is 11.8 Å². The molecule has 20 heavy (non-hydrogen) atoms. The molecule has 2 aliphatic rings. The number of aromatic nitrogens is 2. The maximum absolute atomic E-state index is 12.2. The van der Waals surface area contributed by atoms with Crippen LogP contribution in [0, 0.1) is 5.92 Å². The van der Waals surface area contributed by atoms with E-state index in [1.165, 1.54) is 24.6 Å². The molecule has 2 bridgehead atoms. The molecular formula is C12H16F3N3S2. The van der Waals surface area contributed by atoms with Gasteiger partial charge in [-0.25, -0.2) is 0 Å². The SMILES string of the molecule is FC(F)(F)CCSc1nsnc1C1CN2CCCC1C2. The average Bonchev–Trinajstić information content (AvgIpc) is 2.93. The maximum atomic E-state index is 12.2. The molecule has 112 valence electrons. The zero-order chi connectivity index (χ0) is 14.2. The van der Waals surface area contributed by atoms with E-state index in [-0.39, 0.29) is 5.75 Å². The Morgan fingerprint density at radius 1 is 1.30 bits per heavy atom. The van der Waals surface area contributed by atoms with Crippen molar-refractivity contribution in [3.8, 4) is 0 Å². The minimum atomic E-state index is -4.09. The lowest BCUT2D eigenvalue weighted by Gasteiger charge is -2.21. The van der Waals surface area contributed by atoms with Crippen LogP contribution in [0.2, 0.25) is 0 Å². The van der Waals surface area contributed by atoms with Gasteiger partial charge < -0.3 is 4.90 Å². The summed E-state index contributed by atoms with van der Waals surface area (Å²) in [6.07, 6.45) is -2.44. The summed E-state index contributed by atoms with van der Waals surface area (Å²) in [6.45, 7) is 3.23. The van der Waals surface area contributed by atoms with Crippen LogP contribution in [0.3, 0.4) is 0 Å². The van der Waals surface area contributed by atoms with E-state index in [0.717, 1.165) is 42.1 Å². The van der Waals surface area contributed by atoms with Gasteiger partial charge in [-0.2, -0.15) is 21.9 Å². The van der Waals surface area contributed by atoms with Crippen LogP contribution in [0.5, 0.6) is 0 Å². The van der Waals surface area contributed by atoms with Gasteiger partial charge in [-0.05, 0) is 25.3 Å². The number of piperidine rings is 1. The molecule has 0 amide bonds. The highest BCUT2D eigenvalue weighted by Crippen LogP contribution is 2.41. The number of fused-ring (bicyclic) bond motifs is 2. The lowest BCUT2D eigenvalue weighted by atomic mass is 9.89. The number of rotatable bonds is 4. The summed E-state index contributed by atoms with van der Waals surface area (Å²) in [5, 5.41) is 0.720. The maximum Gasteiger partial charge on any atom is 0.389 e. The van der Waals surface area contributed by atoms with Crippen LogP contribution in [0.15, 0.2) is 5.03 Å². The third-order valence-electron chi connectivity index (χ3n) is 4.02.